The first-order valence-corrected chi connectivity index (χ1v) is 18.2. The normalized spacial score (nSPS) is 19.6. The fraction of sp³-hybridized carbons (Fsp3) is 0.389. The number of piperazine rings is 1. The molecule has 2 fully saturated rings. The maximum atomic E-state index is 12.8. The van der Waals surface area contributed by atoms with E-state index in [0.717, 1.165) is 66.1 Å². The second-order valence-electron chi connectivity index (χ2n) is 12.6. The van der Waals surface area contributed by atoms with E-state index in [2.05, 4.69) is 56.3 Å². The Balaban J connectivity index is 0.00000448. The minimum Gasteiger partial charge on any atom is -0.491 e. The standard InChI is InChI=1S/C36H41ClN8O4S.H2S/c1-4-26(2)45-35(46)44(25-39-45)31-11-9-29(10-12-31)42-17-19-43(20-18-42)30-13-15-32(16-14-30)47-21-33-22-48-36(49-33,27-5-7-28(37)8-6-27)23-50-34-40-38-24-41(34)3;/h5-16,24-26,33H,4,17-23H2,1-3H3;1H2. The highest BCUT2D eigenvalue weighted by molar-refractivity contribution is 7.99. The lowest BCUT2D eigenvalue weighted by atomic mass is 10.1. The summed E-state index contributed by atoms with van der Waals surface area (Å²) in [4.78, 5) is 17.6. The number of nitrogens with zero attached hydrogens (tertiary/aromatic N) is 8. The maximum Gasteiger partial charge on any atom is 0.350 e. The Morgan fingerprint density at radius 3 is 2.18 bits per heavy atom. The van der Waals surface area contributed by atoms with Crippen LogP contribution in [0.2, 0.25) is 5.02 Å². The topological polar surface area (TPSA) is 105 Å². The highest BCUT2D eigenvalue weighted by atomic mass is 35.5. The van der Waals surface area contributed by atoms with Crippen LogP contribution in [-0.4, -0.2) is 80.4 Å². The molecule has 0 spiro atoms. The van der Waals surface area contributed by atoms with Crippen LogP contribution < -0.4 is 20.2 Å². The van der Waals surface area contributed by atoms with Gasteiger partial charge >= 0.3 is 5.69 Å². The van der Waals surface area contributed by atoms with Gasteiger partial charge in [0.15, 0.2) is 5.16 Å². The molecule has 0 aliphatic carbocycles. The first kappa shape index (κ1) is 36.8. The van der Waals surface area contributed by atoms with Gasteiger partial charge in [-0.1, -0.05) is 42.4 Å². The van der Waals surface area contributed by atoms with Gasteiger partial charge in [-0.25, -0.2) is 14.0 Å². The summed E-state index contributed by atoms with van der Waals surface area (Å²) < 4.78 is 24.1. The van der Waals surface area contributed by atoms with Crippen molar-refractivity contribution in [2.75, 3.05) is 54.9 Å². The third-order valence-electron chi connectivity index (χ3n) is 9.32. The molecule has 12 nitrogen and oxygen atoms in total. The second kappa shape index (κ2) is 16.2. The lowest BCUT2D eigenvalue weighted by Gasteiger charge is -2.37. The molecule has 51 heavy (non-hydrogen) atoms. The number of aromatic nitrogens is 6. The van der Waals surface area contributed by atoms with Crippen LogP contribution in [0, 0.1) is 0 Å². The predicted octanol–water partition coefficient (Wildman–Crippen LogP) is 5.67. The number of halogens is 1. The van der Waals surface area contributed by atoms with Crippen LogP contribution in [0.4, 0.5) is 11.4 Å². The Kier molecular flexibility index (Phi) is 11.7. The lowest BCUT2D eigenvalue weighted by molar-refractivity contribution is -0.160. The van der Waals surface area contributed by atoms with E-state index in [1.54, 1.807) is 21.9 Å². The van der Waals surface area contributed by atoms with Crippen LogP contribution in [0.3, 0.4) is 0 Å². The van der Waals surface area contributed by atoms with Crippen LogP contribution in [0.15, 0.2) is 95.4 Å². The molecule has 2 saturated heterocycles. The molecule has 3 atom stereocenters. The average molecular weight is 751 g/mol. The van der Waals surface area contributed by atoms with Crippen molar-refractivity contribution >= 4 is 48.2 Å². The molecule has 0 saturated carbocycles. The fourth-order valence-corrected chi connectivity index (χ4v) is 7.30. The summed E-state index contributed by atoms with van der Waals surface area (Å²) in [5, 5.41) is 13.9. The van der Waals surface area contributed by atoms with Gasteiger partial charge in [-0.05, 0) is 74.0 Å². The third-order valence-corrected chi connectivity index (χ3v) is 10.7. The number of hydrogen-bond acceptors (Lipinski definition) is 10. The highest BCUT2D eigenvalue weighted by Crippen LogP contribution is 2.39. The van der Waals surface area contributed by atoms with Crippen molar-refractivity contribution in [2.45, 2.75) is 43.4 Å². The minimum atomic E-state index is -0.958. The quantitative estimate of drug-likeness (QED) is 0.148. The molecule has 4 heterocycles. The Morgan fingerprint density at radius 1 is 0.941 bits per heavy atom. The molecule has 3 unspecified atom stereocenters. The van der Waals surface area contributed by atoms with Crippen molar-refractivity contribution in [1.82, 2.24) is 29.1 Å². The fourth-order valence-electron chi connectivity index (χ4n) is 6.18. The maximum absolute atomic E-state index is 12.8. The molecule has 270 valence electrons. The number of anilines is 2. The molecule has 0 bridgehead atoms. The third kappa shape index (κ3) is 8.10. The smallest absolute Gasteiger partial charge is 0.350 e. The molecule has 0 N–H and O–H groups in total. The van der Waals surface area contributed by atoms with E-state index in [9.17, 15) is 4.79 Å². The Labute approximate surface area is 313 Å². The molecule has 2 aromatic heterocycles. The van der Waals surface area contributed by atoms with E-state index in [0.29, 0.717) is 24.0 Å². The number of aryl methyl sites for hydroxylation is 1. The zero-order valence-electron chi connectivity index (χ0n) is 28.9. The van der Waals surface area contributed by atoms with Crippen molar-refractivity contribution < 1.29 is 14.2 Å². The van der Waals surface area contributed by atoms with Gasteiger partial charge < -0.3 is 28.6 Å². The minimum absolute atomic E-state index is 0. The van der Waals surface area contributed by atoms with Gasteiger partial charge in [-0.15, -0.1) is 10.2 Å². The Hall–Kier alpha value is -3.95. The zero-order valence-corrected chi connectivity index (χ0v) is 31.5. The molecular formula is C36H43ClN8O4S2. The summed E-state index contributed by atoms with van der Waals surface area (Å²) in [6.45, 7) is 8.40. The van der Waals surface area contributed by atoms with E-state index >= 15 is 0 Å². The molecule has 7 rings (SSSR count). The van der Waals surface area contributed by atoms with Crippen molar-refractivity contribution in [3.8, 4) is 11.4 Å². The molecule has 0 amide bonds. The van der Waals surface area contributed by atoms with Crippen LogP contribution in [-0.2, 0) is 22.3 Å². The molecule has 2 aliphatic rings. The van der Waals surface area contributed by atoms with Gasteiger partial charge in [0.05, 0.1) is 24.1 Å². The average Bonchev–Trinajstić information content (AvgIpc) is 3.88. The summed E-state index contributed by atoms with van der Waals surface area (Å²) in [6, 6.07) is 24.0. The SMILES string of the molecule is CCC(C)n1ncn(-c2ccc(N3CCN(c4ccc(OCC5COC(CSc6nncn6C)(c6ccc(Cl)cc6)O5)cc4)CC3)cc2)c1=O.S. The summed E-state index contributed by atoms with van der Waals surface area (Å²) in [5.41, 5.74) is 3.90. The van der Waals surface area contributed by atoms with Crippen molar-refractivity contribution in [2.24, 2.45) is 7.05 Å². The van der Waals surface area contributed by atoms with Gasteiger partial charge in [0.1, 0.15) is 31.1 Å². The number of hydrogen-bond donors (Lipinski definition) is 0. The van der Waals surface area contributed by atoms with Gasteiger partial charge in [0.2, 0.25) is 5.79 Å². The first-order valence-electron chi connectivity index (χ1n) is 16.9. The zero-order chi connectivity index (χ0) is 34.7. The second-order valence-corrected chi connectivity index (χ2v) is 14.0. The highest BCUT2D eigenvalue weighted by Gasteiger charge is 2.44. The van der Waals surface area contributed by atoms with E-state index in [-0.39, 0.29) is 31.3 Å². The lowest BCUT2D eigenvalue weighted by Crippen LogP contribution is -2.46. The molecule has 5 aromatic rings. The first-order chi connectivity index (χ1) is 24.3. The number of thioether (sulfide) groups is 1. The largest absolute Gasteiger partial charge is 0.491 e. The number of ether oxygens (including phenoxy) is 3. The van der Waals surface area contributed by atoms with Gasteiger partial charge in [-0.3, -0.25) is 0 Å². The Bertz CT molecular complexity index is 1930. The van der Waals surface area contributed by atoms with Gasteiger partial charge in [0, 0.05) is 55.2 Å². The van der Waals surface area contributed by atoms with Crippen LogP contribution >= 0.6 is 36.9 Å². The Morgan fingerprint density at radius 2 is 1.57 bits per heavy atom. The van der Waals surface area contributed by atoms with E-state index in [4.69, 9.17) is 25.8 Å². The number of rotatable bonds is 12. The van der Waals surface area contributed by atoms with Gasteiger partial charge in [0.25, 0.3) is 0 Å². The summed E-state index contributed by atoms with van der Waals surface area (Å²) in [7, 11) is 1.91. The monoisotopic (exact) mass is 750 g/mol. The van der Waals surface area contributed by atoms with E-state index in [1.807, 2.05) is 67.1 Å². The molecule has 3 aromatic carbocycles. The van der Waals surface area contributed by atoms with Crippen LogP contribution in [0.1, 0.15) is 31.9 Å². The predicted molar refractivity (Wildman–Crippen MR) is 205 cm³/mol. The molecular weight excluding hydrogens is 708 g/mol. The van der Waals surface area contributed by atoms with Crippen LogP contribution in [0.5, 0.6) is 5.75 Å². The number of benzene rings is 3. The summed E-state index contributed by atoms with van der Waals surface area (Å²) in [6.07, 6.45) is 3.88. The van der Waals surface area contributed by atoms with Gasteiger partial charge in [-0.2, -0.15) is 18.6 Å². The van der Waals surface area contributed by atoms with Crippen molar-refractivity contribution in [3.63, 3.8) is 0 Å². The summed E-state index contributed by atoms with van der Waals surface area (Å²) >= 11 is 7.70. The van der Waals surface area contributed by atoms with E-state index in [1.165, 1.54) is 11.8 Å². The molecule has 15 heteroatoms. The van der Waals surface area contributed by atoms with Crippen molar-refractivity contribution in [1.29, 1.82) is 0 Å². The molecule has 2 aliphatic heterocycles. The molecule has 0 radical (unpaired) electrons. The summed E-state index contributed by atoms with van der Waals surface area (Å²) in [5.74, 6) is 0.319. The van der Waals surface area contributed by atoms with Crippen molar-refractivity contribution in [3.05, 3.63) is 107 Å². The van der Waals surface area contributed by atoms with E-state index < -0.39 is 5.79 Å². The van der Waals surface area contributed by atoms with Crippen LogP contribution in [0.25, 0.3) is 5.69 Å².